The second kappa shape index (κ2) is 11.4. The molecule has 152 valence electrons. The molecule has 2 N–H and O–H groups in total. The highest BCUT2D eigenvalue weighted by molar-refractivity contribution is 6.31. The summed E-state index contributed by atoms with van der Waals surface area (Å²) >= 11 is 6.37. The normalized spacial score (nSPS) is 17.0. The Hall–Kier alpha value is -1.63. The molecule has 1 fully saturated rings. The van der Waals surface area contributed by atoms with Crippen molar-refractivity contribution >= 4 is 29.9 Å². The van der Waals surface area contributed by atoms with E-state index in [0.717, 1.165) is 41.3 Å². The first-order valence-corrected chi connectivity index (χ1v) is 9.58. The van der Waals surface area contributed by atoms with Crippen molar-refractivity contribution in [3.8, 4) is 0 Å². The molecule has 1 aliphatic rings. The van der Waals surface area contributed by atoms with Crippen molar-refractivity contribution in [2.45, 2.75) is 19.2 Å². The number of ether oxygens (including phenoxy) is 1. The first-order valence-electron chi connectivity index (χ1n) is 9.20. The molecule has 1 atom stereocenters. The molecule has 0 aliphatic carbocycles. The van der Waals surface area contributed by atoms with Crippen molar-refractivity contribution in [3.63, 3.8) is 0 Å². The lowest BCUT2D eigenvalue weighted by Crippen LogP contribution is -2.49. The van der Waals surface area contributed by atoms with E-state index in [1.807, 2.05) is 48.5 Å². The van der Waals surface area contributed by atoms with Crippen LogP contribution in [0.5, 0.6) is 0 Å². The summed E-state index contributed by atoms with van der Waals surface area (Å²) in [5, 5.41) is 7.16. The number of methoxy groups -OCH3 is 1. The number of rotatable bonds is 7. The first kappa shape index (κ1) is 22.7. The molecular formula is C21H27Cl2N3O2. The van der Waals surface area contributed by atoms with E-state index in [1.165, 1.54) is 0 Å². The number of nitrogens with zero attached hydrogens (tertiary/aromatic N) is 1. The Labute approximate surface area is 177 Å². The molecule has 1 amide bonds. The maximum atomic E-state index is 12.5. The fourth-order valence-electron chi connectivity index (χ4n) is 3.35. The van der Waals surface area contributed by atoms with E-state index in [2.05, 4.69) is 15.5 Å². The zero-order valence-corrected chi connectivity index (χ0v) is 17.6. The highest BCUT2D eigenvalue weighted by Crippen LogP contribution is 2.28. The minimum atomic E-state index is 0. The van der Waals surface area contributed by atoms with Crippen molar-refractivity contribution in [1.82, 2.24) is 15.5 Å². The maximum Gasteiger partial charge on any atom is 0.234 e. The minimum Gasteiger partial charge on any atom is -0.380 e. The van der Waals surface area contributed by atoms with E-state index in [4.69, 9.17) is 16.3 Å². The van der Waals surface area contributed by atoms with Crippen LogP contribution in [-0.2, 0) is 22.7 Å². The summed E-state index contributed by atoms with van der Waals surface area (Å²) in [6.07, 6.45) is 0. The fraction of sp³-hybridized carbons (Fsp3) is 0.381. The molecule has 2 aromatic carbocycles. The second-order valence-electron chi connectivity index (χ2n) is 6.74. The van der Waals surface area contributed by atoms with Gasteiger partial charge in [-0.1, -0.05) is 54.1 Å². The summed E-state index contributed by atoms with van der Waals surface area (Å²) in [5.74, 6) is 0.0231. The minimum absolute atomic E-state index is 0. The second-order valence-corrected chi connectivity index (χ2v) is 7.15. The molecule has 3 rings (SSSR count). The summed E-state index contributed by atoms with van der Waals surface area (Å²) in [6.45, 7) is 3.95. The number of piperazine rings is 1. The lowest BCUT2D eigenvalue weighted by molar-refractivity contribution is -0.123. The number of halogens is 2. The van der Waals surface area contributed by atoms with Crippen LogP contribution in [0.4, 0.5) is 0 Å². The molecule has 7 heteroatoms. The molecule has 0 saturated carbocycles. The number of hydrogen-bond donors (Lipinski definition) is 2. The first-order chi connectivity index (χ1) is 13.2. The van der Waals surface area contributed by atoms with Gasteiger partial charge in [-0.15, -0.1) is 12.4 Å². The lowest BCUT2D eigenvalue weighted by Gasteiger charge is -2.36. The SMILES string of the molecule is COCc1ccc(CNC(=O)CN2CCNCC2c2ccccc2Cl)cc1.Cl. The Balaban J connectivity index is 0.00000280. The number of carbonyl (C=O) groups excluding carboxylic acids is 1. The number of nitrogens with one attached hydrogen (secondary N) is 2. The van der Waals surface area contributed by atoms with Crippen LogP contribution in [0, 0.1) is 0 Å². The third-order valence-corrected chi connectivity index (χ3v) is 5.13. The van der Waals surface area contributed by atoms with Crippen molar-refractivity contribution in [2.75, 3.05) is 33.3 Å². The largest absolute Gasteiger partial charge is 0.380 e. The molecule has 28 heavy (non-hydrogen) atoms. The van der Waals surface area contributed by atoms with Crippen LogP contribution in [0.2, 0.25) is 5.02 Å². The molecule has 0 bridgehead atoms. The van der Waals surface area contributed by atoms with Gasteiger partial charge in [-0.25, -0.2) is 0 Å². The predicted octanol–water partition coefficient (Wildman–Crippen LogP) is 3.17. The summed E-state index contributed by atoms with van der Waals surface area (Å²) in [5.41, 5.74) is 3.26. The zero-order valence-electron chi connectivity index (χ0n) is 16.0. The molecular weight excluding hydrogens is 397 g/mol. The molecule has 1 unspecified atom stereocenters. The number of amides is 1. The van der Waals surface area contributed by atoms with Crippen molar-refractivity contribution < 1.29 is 9.53 Å². The monoisotopic (exact) mass is 423 g/mol. The van der Waals surface area contributed by atoms with Gasteiger partial charge in [0.05, 0.1) is 13.2 Å². The van der Waals surface area contributed by atoms with Crippen LogP contribution < -0.4 is 10.6 Å². The van der Waals surface area contributed by atoms with Gasteiger partial charge in [0.2, 0.25) is 5.91 Å². The standard InChI is InChI=1S/C21H26ClN3O2.ClH/c1-27-15-17-8-6-16(7-9-17)12-24-21(26)14-25-11-10-23-13-20(25)18-4-2-3-5-19(18)22;/h2-9,20,23H,10-15H2,1H3,(H,24,26);1H. The predicted molar refractivity (Wildman–Crippen MR) is 115 cm³/mol. The molecule has 1 aliphatic heterocycles. The highest BCUT2D eigenvalue weighted by Gasteiger charge is 2.26. The van der Waals surface area contributed by atoms with E-state index in [0.29, 0.717) is 19.7 Å². The summed E-state index contributed by atoms with van der Waals surface area (Å²) in [4.78, 5) is 14.7. The van der Waals surface area contributed by atoms with Crippen LogP contribution in [0.25, 0.3) is 0 Å². The Morgan fingerprint density at radius 2 is 1.93 bits per heavy atom. The van der Waals surface area contributed by atoms with Crippen LogP contribution in [0.1, 0.15) is 22.7 Å². The molecule has 5 nitrogen and oxygen atoms in total. The molecule has 0 spiro atoms. The molecule has 1 heterocycles. The molecule has 1 saturated heterocycles. The third-order valence-electron chi connectivity index (χ3n) is 4.79. The molecule has 2 aromatic rings. The van der Waals surface area contributed by atoms with Gasteiger partial charge in [0.25, 0.3) is 0 Å². The van der Waals surface area contributed by atoms with Crippen molar-refractivity contribution in [1.29, 1.82) is 0 Å². The Morgan fingerprint density at radius 1 is 1.21 bits per heavy atom. The lowest BCUT2D eigenvalue weighted by atomic mass is 10.0. The van der Waals surface area contributed by atoms with Crippen LogP contribution in [0.15, 0.2) is 48.5 Å². The highest BCUT2D eigenvalue weighted by atomic mass is 35.5. The van der Waals surface area contributed by atoms with Gasteiger partial charge in [0.1, 0.15) is 0 Å². The third kappa shape index (κ3) is 6.19. The average Bonchev–Trinajstić information content (AvgIpc) is 2.69. The molecule has 0 aromatic heterocycles. The van der Waals surface area contributed by atoms with Crippen LogP contribution in [-0.4, -0.2) is 44.1 Å². The number of hydrogen-bond acceptors (Lipinski definition) is 4. The van der Waals surface area contributed by atoms with Gasteiger partial charge in [0, 0.05) is 44.4 Å². The Kier molecular flexibility index (Phi) is 9.22. The average molecular weight is 424 g/mol. The van der Waals surface area contributed by atoms with Gasteiger partial charge in [-0.2, -0.15) is 0 Å². The maximum absolute atomic E-state index is 12.5. The Morgan fingerprint density at radius 3 is 2.64 bits per heavy atom. The van der Waals surface area contributed by atoms with E-state index >= 15 is 0 Å². The molecule has 0 radical (unpaired) electrons. The van der Waals surface area contributed by atoms with Gasteiger partial charge in [-0.05, 0) is 22.8 Å². The van der Waals surface area contributed by atoms with Gasteiger partial charge in [-0.3, -0.25) is 9.69 Å². The topological polar surface area (TPSA) is 53.6 Å². The van der Waals surface area contributed by atoms with E-state index in [1.54, 1.807) is 7.11 Å². The number of benzene rings is 2. The smallest absolute Gasteiger partial charge is 0.234 e. The van der Waals surface area contributed by atoms with E-state index in [9.17, 15) is 4.79 Å². The number of carbonyl (C=O) groups is 1. The Bertz CT molecular complexity index is 756. The van der Waals surface area contributed by atoms with Gasteiger partial charge < -0.3 is 15.4 Å². The van der Waals surface area contributed by atoms with Crippen LogP contribution >= 0.6 is 24.0 Å². The van der Waals surface area contributed by atoms with Gasteiger partial charge in [0.15, 0.2) is 0 Å². The quantitative estimate of drug-likeness (QED) is 0.717. The van der Waals surface area contributed by atoms with E-state index < -0.39 is 0 Å². The van der Waals surface area contributed by atoms with Gasteiger partial charge >= 0.3 is 0 Å². The summed E-state index contributed by atoms with van der Waals surface area (Å²) in [7, 11) is 1.68. The summed E-state index contributed by atoms with van der Waals surface area (Å²) in [6, 6.07) is 16.0. The summed E-state index contributed by atoms with van der Waals surface area (Å²) < 4.78 is 5.12. The zero-order chi connectivity index (χ0) is 19.1. The van der Waals surface area contributed by atoms with E-state index in [-0.39, 0.29) is 24.4 Å². The van der Waals surface area contributed by atoms with Crippen molar-refractivity contribution in [2.24, 2.45) is 0 Å². The van der Waals surface area contributed by atoms with Crippen molar-refractivity contribution in [3.05, 3.63) is 70.2 Å². The van der Waals surface area contributed by atoms with Crippen LogP contribution in [0.3, 0.4) is 0 Å². The fourth-order valence-corrected chi connectivity index (χ4v) is 3.61.